The predicted octanol–water partition coefficient (Wildman–Crippen LogP) is 1.54. The van der Waals surface area contributed by atoms with Crippen LogP contribution >= 0.6 is 0 Å². The zero-order valence-electron chi connectivity index (χ0n) is 14.6. The van der Waals surface area contributed by atoms with Gasteiger partial charge in [0.15, 0.2) is 5.69 Å². The first kappa shape index (κ1) is 17.4. The Morgan fingerprint density at radius 3 is 2.29 bits per heavy atom. The van der Waals surface area contributed by atoms with Gasteiger partial charge in [-0.05, 0) is 18.2 Å². The Hall–Kier alpha value is -4.01. The van der Waals surface area contributed by atoms with Gasteiger partial charge in [-0.1, -0.05) is 18.7 Å². The highest BCUT2D eigenvalue weighted by Crippen LogP contribution is 2.40. The maximum Gasteiger partial charge on any atom is 0.357 e. The maximum atomic E-state index is 12.3. The molecule has 0 atom stereocenters. The number of fused-ring (bicyclic) bond motifs is 1. The number of hydrogen-bond donors (Lipinski definition) is 1. The number of hydrogen-bond acceptors (Lipinski definition) is 7. The van der Waals surface area contributed by atoms with Crippen LogP contribution in [-0.2, 0) is 11.8 Å². The molecule has 0 amide bonds. The van der Waals surface area contributed by atoms with Gasteiger partial charge in [-0.3, -0.25) is 4.79 Å². The lowest BCUT2D eigenvalue weighted by Gasteiger charge is -2.32. The Morgan fingerprint density at radius 2 is 1.79 bits per heavy atom. The van der Waals surface area contributed by atoms with Crippen LogP contribution in [0.5, 0.6) is 0 Å². The number of nitrogens with zero attached hydrogens (tertiary/aromatic N) is 6. The predicted molar refractivity (Wildman–Crippen MR) is 97.6 cm³/mol. The van der Waals surface area contributed by atoms with E-state index in [9.17, 15) is 14.7 Å². The number of carbonyl (C=O) groups is 2. The van der Waals surface area contributed by atoms with E-state index in [0.717, 1.165) is 10.8 Å². The van der Waals surface area contributed by atoms with E-state index in [0.29, 0.717) is 22.6 Å². The van der Waals surface area contributed by atoms with Crippen LogP contribution in [0.2, 0.25) is 0 Å². The number of allylic oxidation sites excluding steroid dienone is 2. The average Bonchev–Trinajstić information content (AvgIpc) is 3.13. The fourth-order valence-electron chi connectivity index (χ4n) is 3.38. The highest BCUT2D eigenvalue weighted by molar-refractivity contribution is 5.95. The van der Waals surface area contributed by atoms with Gasteiger partial charge in [-0.25, -0.2) is 24.7 Å². The van der Waals surface area contributed by atoms with E-state index in [2.05, 4.69) is 31.6 Å². The lowest BCUT2D eigenvalue weighted by Crippen LogP contribution is -2.34. The third kappa shape index (κ3) is 2.60. The third-order valence-corrected chi connectivity index (χ3v) is 4.67. The summed E-state index contributed by atoms with van der Waals surface area (Å²) in [4.78, 5) is 40.6. The quantitative estimate of drug-likeness (QED) is 0.682. The molecule has 3 aromatic heterocycles. The van der Waals surface area contributed by atoms with E-state index >= 15 is 0 Å². The second-order valence-corrected chi connectivity index (χ2v) is 6.14. The zero-order chi connectivity index (χ0) is 19.7. The van der Waals surface area contributed by atoms with Crippen molar-refractivity contribution in [3.63, 3.8) is 0 Å². The summed E-state index contributed by atoms with van der Waals surface area (Å²) in [6.07, 6.45) is 10.9. The van der Waals surface area contributed by atoms with Gasteiger partial charge >= 0.3 is 5.97 Å². The van der Waals surface area contributed by atoms with Crippen molar-refractivity contribution in [2.75, 3.05) is 0 Å². The second kappa shape index (κ2) is 6.62. The largest absolute Gasteiger partial charge is 0.476 e. The molecule has 9 heteroatoms. The maximum absolute atomic E-state index is 12.3. The normalized spacial score (nSPS) is 14.3. The van der Waals surface area contributed by atoms with E-state index in [1.54, 1.807) is 30.6 Å². The van der Waals surface area contributed by atoms with Crippen molar-refractivity contribution >= 4 is 18.0 Å². The first-order valence-corrected chi connectivity index (χ1v) is 8.31. The molecule has 4 rings (SSSR count). The van der Waals surface area contributed by atoms with Gasteiger partial charge in [0.2, 0.25) is 0 Å². The minimum Gasteiger partial charge on any atom is -0.476 e. The van der Waals surface area contributed by atoms with Crippen molar-refractivity contribution in [1.29, 1.82) is 0 Å². The van der Waals surface area contributed by atoms with Crippen molar-refractivity contribution in [2.24, 2.45) is 0 Å². The number of carboxylic acids is 1. The van der Waals surface area contributed by atoms with Gasteiger partial charge < -0.3 is 5.11 Å². The van der Waals surface area contributed by atoms with Crippen molar-refractivity contribution < 1.29 is 14.7 Å². The van der Waals surface area contributed by atoms with Crippen LogP contribution in [0.3, 0.4) is 0 Å². The Balaban J connectivity index is 1.97. The molecule has 0 radical (unpaired) electrons. The second-order valence-electron chi connectivity index (χ2n) is 6.14. The summed E-state index contributed by atoms with van der Waals surface area (Å²) in [6.45, 7) is 3.48. The van der Waals surface area contributed by atoms with E-state index in [1.807, 2.05) is 6.08 Å². The monoisotopic (exact) mass is 374 g/mol. The lowest BCUT2D eigenvalue weighted by molar-refractivity contribution is 0.0689. The average molecular weight is 374 g/mol. The molecule has 0 saturated heterocycles. The van der Waals surface area contributed by atoms with Crippen LogP contribution in [0, 0.1) is 0 Å². The first-order valence-electron chi connectivity index (χ1n) is 8.31. The zero-order valence-corrected chi connectivity index (χ0v) is 14.6. The molecule has 0 aromatic carbocycles. The molecule has 3 aromatic rings. The molecule has 9 nitrogen and oxygen atoms in total. The third-order valence-electron chi connectivity index (χ3n) is 4.67. The minimum atomic E-state index is -1.21. The van der Waals surface area contributed by atoms with Crippen molar-refractivity contribution in [3.8, 4) is 0 Å². The van der Waals surface area contributed by atoms with Crippen molar-refractivity contribution in [2.45, 2.75) is 11.8 Å². The van der Waals surface area contributed by atoms with Crippen LogP contribution in [0.4, 0.5) is 0 Å². The summed E-state index contributed by atoms with van der Waals surface area (Å²) < 4.78 is 1.08. The van der Waals surface area contributed by atoms with Crippen molar-refractivity contribution in [3.05, 3.63) is 84.3 Å². The molecular formula is C19H14N6O3. The molecule has 0 aliphatic heterocycles. The summed E-state index contributed by atoms with van der Waals surface area (Å²) in [5.41, 5.74) is 1.09. The van der Waals surface area contributed by atoms with Crippen LogP contribution in [0.1, 0.15) is 37.9 Å². The standard InChI is InChI=1S/C19H14N6O3/c1-2-16(26)25-13-9-19(14-4-7-20-10-22-14,15-5-8-21-11-23-15)6-3-12(13)17(24-25)18(27)28/h2-8,10-11H,1,9H2,(H,27,28). The number of aromatic carboxylic acids is 1. The van der Waals surface area contributed by atoms with Gasteiger partial charge in [0.25, 0.3) is 5.91 Å². The van der Waals surface area contributed by atoms with Gasteiger partial charge in [0, 0.05) is 24.4 Å². The number of carboxylic acid groups (broad SMARTS) is 1. The summed E-state index contributed by atoms with van der Waals surface area (Å²) in [5, 5.41) is 13.5. The lowest BCUT2D eigenvalue weighted by atomic mass is 9.72. The number of rotatable bonds is 4. The molecule has 1 N–H and O–H groups in total. The Bertz CT molecular complexity index is 1070. The molecule has 0 spiro atoms. The highest BCUT2D eigenvalue weighted by atomic mass is 16.4. The molecule has 0 unspecified atom stereocenters. The molecule has 138 valence electrons. The molecule has 0 fully saturated rings. The molecule has 1 aliphatic rings. The fraction of sp³-hybridized carbons (Fsp3) is 0.105. The highest BCUT2D eigenvalue weighted by Gasteiger charge is 2.41. The van der Waals surface area contributed by atoms with E-state index in [-0.39, 0.29) is 12.1 Å². The molecule has 28 heavy (non-hydrogen) atoms. The van der Waals surface area contributed by atoms with Gasteiger partial charge in [0.05, 0.1) is 22.5 Å². The molecule has 0 bridgehead atoms. The summed E-state index contributed by atoms with van der Waals surface area (Å²) in [6, 6.07) is 3.51. The number of aromatic nitrogens is 6. The Labute approximate surface area is 159 Å². The first-order chi connectivity index (χ1) is 13.6. The van der Waals surface area contributed by atoms with Crippen LogP contribution < -0.4 is 0 Å². The van der Waals surface area contributed by atoms with Gasteiger partial charge in [0.1, 0.15) is 12.7 Å². The van der Waals surface area contributed by atoms with Crippen LogP contribution in [0.25, 0.3) is 6.08 Å². The van der Waals surface area contributed by atoms with Crippen molar-refractivity contribution in [1.82, 2.24) is 29.7 Å². The molecular weight excluding hydrogens is 360 g/mol. The van der Waals surface area contributed by atoms with Crippen LogP contribution in [0.15, 0.2) is 55.9 Å². The van der Waals surface area contributed by atoms with E-state index in [1.165, 1.54) is 12.7 Å². The topological polar surface area (TPSA) is 124 Å². The summed E-state index contributed by atoms with van der Waals surface area (Å²) in [5.74, 6) is -1.73. The van der Waals surface area contributed by atoms with Crippen LogP contribution in [-0.4, -0.2) is 46.7 Å². The minimum absolute atomic E-state index is 0.194. The SMILES string of the molecule is C=CC(=O)n1nc(C(=O)O)c2c1CC(c1ccncn1)(c1ccncn1)C=C2. The Morgan fingerprint density at radius 1 is 1.14 bits per heavy atom. The number of carbonyl (C=O) groups excluding carboxylic acids is 1. The van der Waals surface area contributed by atoms with Gasteiger partial charge in [-0.2, -0.15) is 9.78 Å². The molecule has 0 saturated carbocycles. The van der Waals surface area contributed by atoms with E-state index < -0.39 is 17.3 Å². The fourth-order valence-corrected chi connectivity index (χ4v) is 3.38. The smallest absolute Gasteiger partial charge is 0.357 e. The molecule has 3 heterocycles. The summed E-state index contributed by atoms with van der Waals surface area (Å²) in [7, 11) is 0. The molecule has 1 aliphatic carbocycles. The van der Waals surface area contributed by atoms with Gasteiger partial charge in [-0.15, -0.1) is 0 Å². The Kier molecular flexibility index (Phi) is 4.11. The summed E-state index contributed by atoms with van der Waals surface area (Å²) >= 11 is 0. The van der Waals surface area contributed by atoms with E-state index in [4.69, 9.17) is 0 Å².